The van der Waals surface area contributed by atoms with E-state index in [4.69, 9.17) is 9.47 Å². The van der Waals surface area contributed by atoms with Crippen molar-refractivity contribution in [2.24, 2.45) is 0 Å². The van der Waals surface area contributed by atoms with E-state index in [0.29, 0.717) is 40.5 Å². The smallest absolute Gasteiger partial charge is 0.246 e. The Morgan fingerprint density at radius 1 is 1.17 bits per heavy atom. The molecule has 1 amide bonds. The fourth-order valence-corrected chi connectivity index (χ4v) is 4.66. The molecule has 11 nitrogen and oxygen atoms in total. The van der Waals surface area contributed by atoms with E-state index in [-0.39, 0.29) is 18.3 Å². The summed E-state index contributed by atoms with van der Waals surface area (Å²) < 4.78 is 40.9. The quantitative estimate of drug-likeness (QED) is 0.214. The van der Waals surface area contributed by atoms with Gasteiger partial charge in [-0.2, -0.15) is 5.10 Å². The average molecular weight is 581 g/mol. The van der Waals surface area contributed by atoms with Crippen LogP contribution in [0, 0.1) is 11.6 Å². The van der Waals surface area contributed by atoms with Crippen LogP contribution in [0.3, 0.4) is 0 Å². The van der Waals surface area contributed by atoms with E-state index in [1.165, 1.54) is 29.3 Å². The van der Waals surface area contributed by atoms with Gasteiger partial charge >= 0.3 is 0 Å². The summed E-state index contributed by atoms with van der Waals surface area (Å²) in [6, 6.07) is 7.29. The number of amides is 1. The first-order chi connectivity index (χ1) is 20.4. The number of hydrogen-bond donors (Lipinski definition) is 3. The molecule has 3 N–H and O–H groups in total. The Kier molecular flexibility index (Phi) is 9.39. The predicted octanol–water partition coefficient (Wildman–Crippen LogP) is 3.95. The number of halogens is 2. The van der Waals surface area contributed by atoms with Gasteiger partial charge < -0.3 is 30.3 Å². The largest absolute Gasteiger partial charge is 0.493 e. The van der Waals surface area contributed by atoms with Gasteiger partial charge in [0.05, 0.1) is 41.2 Å². The van der Waals surface area contributed by atoms with Gasteiger partial charge in [-0.05, 0) is 32.4 Å². The molecule has 0 radical (unpaired) electrons. The lowest BCUT2D eigenvalue weighted by molar-refractivity contribution is -0.116. The Hall–Kier alpha value is -4.36. The molecular formula is C29H34F2N8O3. The number of nitrogens with zero attached hydrogens (tertiary/aromatic N) is 5. The van der Waals surface area contributed by atoms with Gasteiger partial charge in [-0.1, -0.05) is 6.07 Å². The molecule has 0 spiro atoms. The minimum absolute atomic E-state index is 0.103. The van der Waals surface area contributed by atoms with Gasteiger partial charge in [0, 0.05) is 51.1 Å². The summed E-state index contributed by atoms with van der Waals surface area (Å²) in [4.78, 5) is 23.7. The minimum Gasteiger partial charge on any atom is -0.493 e. The van der Waals surface area contributed by atoms with Crippen molar-refractivity contribution in [3.63, 3.8) is 0 Å². The van der Waals surface area contributed by atoms with Crippen LogP contribution >= 0.6 is 0 Å². The third-order valence-corrected chi connectivity index (χ3v) is 6.56. The van der Waals surface area contributed by atoms with Gasteiger partial charge in [0.2, 0.25) is 5.91 Å². The van der Waals surface area contributed by atoms with Crippen LogP contribution in [0.2, 0.25) is 0 Å². The highest BCUT2D eigenvalue weighted by atomic mass is 19.2. The molecular weight excluding hydrogens is 546 g/mol. The first-order valence-electron chi connectivity index (χ1n) is 13.9. The number of rotatable bonds is 12. The van der Waals surface area contributed by atoms with Crippen LogP contribution in [0.25, 0.3) is 10.9 Å². The van der Waals surface area contributed by atoms with Gasteiger partial charge in [0.25, 0.3) is 0 Å². The molecule has 42 heavy (non-hydrogen) atoms. The topological polar surface area (TPSA) is 118 Å². The van der Waals surface area contributed by atoms with E-state index in [9.17, 15) is 13.6 Å². The van der Waals surface area contributed by atoms with E-state index in [0.717, 1.165) is 45.2 Å². The van der Waals surface area contributed by atoms with Crippen LogP contribution in [-0.4, -0.2) is 76.0 Å². The highest BCUT2D eigenvalue weighted by molar-refractivity contribution is 5.96. The highest BCUT2D eigenvalue weighted by Gasteiger charge is 2.17. The third-order valence-electron chi connectivity index (χ3n) is 6.56. The second-order valence-corrected chi connectivity index (χ2v) is 10.2. The van der Waals surface area contributed by atoms with Crippen LogP contribution in [0.15, 0.2) is 49.1 Å². The zero-order valence-corrected chi connectivity index (χ0v) is 23.6. The zero-order chi connectivity index (χ0) is 29.5. The summed E-state index contributed by atoms with van der Waals surface area (Å²) in [6.45, 7) is 9.37. The molecule has 5 rings (SSSR count). The molecule has 0 saturated carbocycles. The molecule has 0 unspecified atom stereocenters. The third kappa shape index (κ3) is 7.47. The van der Waals surface area contributed by atoms with E-state index in [1.54, 1.807) is 6.20 Å². The molecule has 0 atom stereocenters. The summed E-state index contributed by atoms with van der Waals surface area (Å²) in [5.74, 6) is -0.988. The molecule has 1 saturated heterocycles. The number of carbonyl (C=O) groups is 1. The highest BCUT2D eigenvalue weighted by Crippen LogP contribution is 2.36. The number of fused-ring (bicyclic) bond motifs is 1. The lowest BCUT2D eigenvalue weighted by Gasteiger charge is -2.27. The Bertz CT molecular complexity index is 1520. The molecule has 0 bridgehead atoms. The van der Waals surface area contributed by atoms with Crippen molar-refractivity contribution < 1.29 is 23.0 Å². The number of nitrogens with one attached hydrogen (secondary N) is 3. The van der Waals surface area contributed by atoms with Crippen LogP contribution in [0.5, 0.6) is 11.5 Å². The van der Waals surface area contributed by atoms with Crippen LogP contribution in [0.4, 0.5) is 26.0 Å². The fourth-order valence-electron chi connectivity index (χ4n) is 4.66. The SMILES string of the molecule is CC(C)Oc1cc(OCCCN2CCNCC2)cc2ncnc(Nc3cnn(CC(=O)Nc4cccc(F)c4F)c3)c12. The number of anilines is 3. The van der Waals surface area contributed by atoms with Gasteiger partial charge in [0.1, 0.15) is 30.2 Å². The number of benzene rings is 2. The lowest BCUT2D eigenvalue weighted by Crippen LogP contribution is -2.43. The van der Waals surface area contributed by atoms with Crippen molar-refractivity contribution >= 4 is 34.0 Å². The van der Waals surface area contributed by atoms with Gasteiger partial charge in [-0.15, -0.1) is 0 Å². The monoisotopic (exact) mass is 580 g/mol. The van der Waals surface area contributed by atoms with Crippen LogP contribution in [0.1, 0.15) is 20.3 Å². The number of piperazine rings is 1. The van der Waals surface area contributed by atoms with Gasteiger partial charge in [-0.3, -0.25) is 9.48 Å². The van der Waals surface area contributed by atoms with Crippen molar-refractivity contribution in [3.8, 4) is 11.5 Å². The van der Waals surface area contributed by atoms with Crippen molar-refractivity contribution in [1.82, 2.24) is 30.0 Å². The molecule has 13 heteroatoms. The number of carbonyl (C=O) groups excluding carboxylic acids is 1. The summed E-state index contributed by atoms with van der Waals surface area (Å²) in [6.07, 6.45) is 5.39. The molecule has 4 aromatic rings. The van der Waals surface area contributed by atoms with E-state index in [2.05, 4.69) is 35.9 Å². The van der Waals surface area contributed by atoms with Gasteiger partial charge in [-0.25, -0.2) is 18.7 Å². The first-order valence-corrected chi connectivity index (χ1v) is 13.9. The summed E-state index contributed by atoms with van der Waals surface area (Å²) in [5.41, 5.74) is 0.966. The maximum atomic E-state index is 13.9. The van der Waals surface area contributed by atoms with Gasteiger partial charge in [0.15, 0.2) is 11.6 Å². The predicted molar refractivity (Wildman–Crippen MR) is 155 cm³/mol. The standard InChI is InChI=1S/C29H34F2N8O3/c1-19(2)42-25-14-21(41-12-4-9-38-10-7-32-8-11-38)13-24-27(25)29(34-18-33-24)36-20-15-35-39(16-20)17-26(40)37-23-6-3-5-22(30)28(23)31/h3,5-6,13-16,18-19,32H,4,7-12,17H2,1-2H3,(H,37,40)(H,33,34,36). The second-order valence-electron chi connectivity index (χ2n) is 10.2. The molecule has 1 fully saturated rings. The van der Waals surface area contributed by atoms with Crippen LogP contribution in [-0.2, 0) is 11.3 Å². The van der Waals surface area contributed by atoms with Crippen LogP contribution < -0.4 is 25.4 Å². The van der Waals surface area contributed by atoms with Crippen molar-refractivity contribution in [3.05, 3.63) is 60.7 Å². The molecule has 222 valence electrons. The summed E-state index contributed by atoms with van der Waals surface area (Å²) >= 11 is 0. The summed E-state index contributed by atoms with van der Waals surface area (Å²) in [7, 11) is 0. The number of aromatic nitrogens is 4. The Balaban J connectivity index is 1.27. The molecule has 0 aliphatic carbocycles. The molecule has 2 aromatic heterocycles. The maximum absolute atomic E-state index is 13.9. The lowest BCUT2D eigenvalue weighted by atomic mass is 10.2. The Labute approximate surface area is 242 Å². The van der Waals surface area contributed by atoms with E-state index in [1.807, 2.05) is 26.0 Å². The van der Waals surface area contributed by atoms with Crippen molar-refractivity contribution in [2.75, 3.05) is 50.0 Å². The van der Waals surface area contributed by atoms with E-state index < -0.39 is 17.5 Å². The summed E-state index contributed by atoms with van der Waals surface area (Å²) in [5, 5.41) is 13.8. The number of hydrogen-bond acceptors (Lipinski definition) is 9. The fraction of sp³-hybridized carbons (Fsp3) is 0.379. The zero-order valence-electron chi connectivity index (χ0n) is 23.6. The van der Waals surface area contributed by atoms with Crippen molar-refractivity contribution in [1.29, 1.82) is 0 Å². The van der Waals surface area contributed by atoms with Crippen molar-refractivity contribution in [2.45, 2.75) is 32.9 Å². The number of ether oxygens (including phenoxy) is 2. The molecule has 2 aromatic carbocycles. The molecule has 1 aliphatic rings. The molecule has 3 heterocycles. The molecule has 1 aliphatic heterocycles. The van der Waals surface area contributed by atoms with E-state index >= 15 is 0 Å². The normalized spacial score (nSPS) is 13.8. The Morgan fingerprint density at radius 3 is 2.81 bits per heavy atom. The maximum Gasteiger partial charge on any atom is 0.246 e. The Morgan fingerprint density at radius 2 is 2.00 bits per heavy atom. The average Bonchev–Trinajstić information content (AvgIpc) is 3.40. The minimum atomic E-state index is -1.12. The second kappa shape index (κ2) is 13.5. The first kappa shape index (κ1) is 29.1.